The Bertz CT molecular complexity index is 2550. The number of piperidine rings is 2. The third kappa shape index (κ3) is 6.52. The number of ketones is 1. The van der Waals surface area contributed by atoms with Crippen molar-refractivity contribution in [1.82, 2.24) is 25.0 Å². The Morgan fingerprint density at radius 1 is 0.883 bits per heavy atom. The highest BCUT2D eigenvalue weighted by Gasteiger charge is 2.45. The first kappa shape index (κ1) is 39.1. The van der Waals surface area contributed by atoms with Gasteiger partial charge in [0.1, 0.15) is 11.8 Å². The van der Waals surface area contributed by atoms with Gasteiger partial charge in [-0.15, -0.1) is 0 Å². The van der Waals surface area contributed by atoms with Crippen LogP contribution in [0.1, 0.15) is 106 Å². The Kier molecular flexibility index (Phi) is 9.82. The van der Waals surface area contributed by atoms with E-state index in [1.54, 1.807) is 12.1 Å². The molecular formula is C46H47N7O7. The predicted molar refractivity (Wildman–Crippen MR) is 223 cm³/mol. The van der Waals surface area contributed by atoms with Crippen LogP contribution in [-0.4, -0.2) is 113 Å². The zero-order valence-corrected chi connectivity index (χ0v) is 34.1. The summed E-state index contributed by atoms with van der Waals surface area (Å²) in [6.07, 6.45) is 3.10. The minimum Gasteiger partial charge on any atom is -0.493 e. The van der Waals surface area contributed by atoms with Gasteiger partial charge in [0.25, 0.3) is 11.8 Å². The average molecular weight is 810 g/mol. The largest absolute Gasteiger partial charge is 0.493 e. The number of aryl methyl sites for hydroxylation is 1. The molecule has 308 valence electrons. The van der Waals surface area contributed by atoms with Gasteiger partial charge < -0.3 is 19.5 Å². The molecule has 3 aromatic carbocycles. The van der Waals surface area contributed by atoms with Crippen LogP contribution >= 0.6 is 0 Å². The third-order valence-electron chi connectivity index (χ3n) is 13.3. The molecule has 2 N–H and O–H groups in total. The summed E-state index contributed by atoms with van der Waals surface area (Å²) in [5, 5.41) is 3.06. The summed E-state index contributed by atoms with van der Waals surface area (Å²) in [6, 6.07) is 13.8. The van der Waals surface area contributed by atoms with Crippen molar-refractivity contribution in [3.8, 4) is 5.75 Å². The van der Waals surface area contributed by atoms with Crippen LogP contribution in [0.4, 0.5) is 11.4 Å². The third-order valence-corrected chi connectivity index (χ3v) is 13.3. The van der Waals surface area contributed by atoms with Crippen LogP contribution in [0.25, 0.3) is 15.7 Å². The van der Waals surface area contributed by atoms with E-state index in [1.165, 1.54) is 23.4 Å². The Morgan fingerprint density at radius 2 is 1.63 bits per heavy atom. The molecule has 1 unspecified atom stereocenters. The van der Waals surface area contributed by atoms with Crippen LogP contribution in [0.3, 0.4) is 0 Å². The van der Waals surface area contributed by atoms with Crippen molar-refractivity contribution >= 4 is 57.6 Å². The second kappa shape index (κ2) is 15.0. The highest BCUT2D eigenvalue weighted by Crippen LogP contribution is 2.46. The van der Waals surface area contributed by atoms with Crippen molar-refractivity contribution in [2.75, 3.05) is 50.8 Å². The molecule has 9 rings (SSSR count). The number of aromatic amines is 1. The van der Waals surface area contributed by atoms with E-state index in [0.29, 0.717) is 36.1 Å². The zero-order valence-electron chi connectivity index (χ0n) is 34.1. The molecule has 0 radical (unpaired) electrons. The molecule has 4 aromatic rings. The van der Waals surface area contributed by atoms with Crippen molar-refractivity contribution in [1.29, 1.82) is 0 Å². The second-order valence-electron chi connectivity index (χ2n) is 16.9. The summed E-state index contributed by atoms with van der Waals surface area (Å²) in [7, 11) is 0. The molecule has 3 fully saturated rings. The first-order valence-electron chi connectivity index (χ1n) is 20.9. The van der Waals surface area contributed by atoms with E-state index < -0.39 is 35.1 Å². The predicted octanol–water partition coefficient (Wildman–Crippen LogP) is 5.13. The maximum atomic E-state index is 14.1. The maximum Gasteiger partial charge on any atom is 0.262 e. The lowest BCUT2D eigenvalue weighted by atomic mass is 9.70. The molecule has 4 aliphatic heterocycles. The SMILES string of the molecule is [C-]#[N+]c1ccc2c3c([nH]c2c1)C(C)(C)c1cc(N2CCC(N4CCN(C(=O)CCOc5ccc6c(c5)C(=O)N(C5CCC(=O)NC5=O)C6=O)CC4)CC2)c(CC)cc1C3=O. The molecule has 1 atom stereocenters. The number of nitrogens with one attached hydrogen (secondary N) is 2. The summed E-state index contributed by atoms with van der Waals surface area (Å²) >= 11 is 0. The molecule has 1 aliphatic carbocycles. The smallest absolute Gasteiger partial charge is 0.262 e. The second-order valence-corrected chi connectivity index (χ2v) is 16.9. The van der Waals surface area contributed by atoms with Gasteiger partial charge in [-0.25, -0.2) is 4.85 Å². The van der Waals surface area contributed by atoms with Gasteiger partial charge >= 0.3 is 0 Å². The molecule has 5 heterocycles. The number of nitrogens with zero attached hydrogens (tertiary/aromatic N) is 5. The maximum absolute atomic E-state index is 14.1. The number of imide groups is 2. The van der Waals surface area contributed by atoms with Crippen LogP contribution in [0.2, 0.25) is 0 Å². The first-order valence-corrected chi connectivity index (χ1v) is 20.9. The van der Waals surface area contributed by atoms with Gasteiger partial charge in [-0.05, 0) is 73.2 Å². The lowest BCUT2D eigenvalue weighted by Crippen LogP contribution is -2.54. The van der Waals surface area contributed by atoms with Gasteiger partial charge in [-0.1, -0.05) is 32.9 Å². The molecule has 60 heavy (non-hydrogen) atoms. The van der Waals surface area contributed by atoms with Crippen molar-refractivity contribution < 1.29 is 33.5 Å². The lowest BCUT2D eigenvalue weighted by molar-refractivity contribution is -0.136. The summed E-state index contributed by atoms with van der Waals surface area (Å²) in [6.45, 7) is 18.7. The first-order chi connectivity index (χ1) is 28.9. The van der Waals surface area contributed by atoms with Gasteiger partial charge in [-0.2, -0.15) is 0 Å². The molecule has 14 nitrogen and oxygen atoms in total. The van der Waals surface area contributed by atoms with Crippen LogP contribution in [0.15, 0.2) is 48.5 Å². The number of piperazine rings is 1. The standard InChI is InChI=1S/C46H47N7O7/c1-5-26-22-33-34(46(2,3)42-40(41(33)56)31-8-6-27(47-4)23-35(31)48-42)25-37(26)51-15-12-28(13-16-51)50-17-19-52(20-18-50)39(55)14-21-60-29-7-9-30-32(24-29)45(59)53(44(30)58)36-10-11-38(54)49-43(36)57/h6-9,22-25,28,36,48H,5,10-21H2,1-3H3,(H,49,54,57). The molecule has 14 heteroatoms. The van der Waals surface area contributed by atoms with E-state index in [-0.39, 0.29) is 48.7 Å². The molecule has 5 amide bonds. The number of hydrogen-bond donors (Lipinski definition) is 2. The average Bonchev–Trinajstić information content (AvgIpc) is 3.77. The van der Waals surface area contributed by atoms with Gasteiger partial charge in [-0.3, -0.25) is 43.9 Å². The molecule has 5 aliphatic rings. The van der Waals surface area contributed by atoms with E-state index in [0.717, 1.165) is 78.1 Å². The number of H-pyrrole nitrogens is 1. The van der Waals surface area contributed by atoms with Crippen molar-refractivity contribution in [3.63, 3.8) is 0 Å². The monoisotopic (exact) mass is 809 g/mol. The number of aromatic nitrogens is 1. The number of carbonyl (C=O) groups is 6. The van der Waals surface area contributed by atoms with Crippen LogP contribution < -0.4 is 15.0 Å². The minimum atomic E-state index is -1.04. The van der Waals surface area contributed by atoms with Gasteiger partial charge in [0.15, 0.2) is 11.5 Å². The number of anilines is 1. The van der Waals surface area contributed by atoms with Gasteiger partial charge in [0, 0.05) is 85.0 Å². The highest BCUT2D eigenvalue weighted by molar-refractivity contribution is 6.24. The number of amides is 5. The highest BCUT2D eigenvalue weighted by atomic mass is 16.5. The number of benzene rings is 3. The summed E-state index contributed by atoms with van der Waals surface area (Å²) in [4.78, 5) is 92.4. The molecule has 3 saturated heterocycles. The fourth-order valence-electron chi connectivity index (χ4n) is 9.91. The van der Waals surface area contributed by atoms with Crippen LogP contribution in [-0.2, 0) is 26.2 Å². The van der Waals surface area contributed by atoms with Crippen molar-refractivity contribution in [3.05, 3.63) is 99.0 Å². The van der Waals surface area contributed by atoms with Gasteiger partial charge in [0.2, 0.25) is 17.7 Å². The van der Waals surface area contributed by atoms with E-state index in [1.807, 2.05) is 17.0 Å². The van der Waals surface area contributed by atoms with E-state index in [9.17, 15) is 28.8 Å². The van der Waals surface area contributed by atoms with Crippen LogP contribution in [0.5, 0.6) is 5.75 Å². The Hall–Kier alpha value is -6.33. The van der Waals surface area contributed by atoms with E-state index in [2.05, 4.69) is 57.8 Å². The van der Waals surface area contributed by atoms with Crippen molar-refractivity contribution in [2.24, 2.45) is 0 Å². The molecule has 0 bridgehead atoms. The zero-order chi connectivity index (χ0) is 42.0. The summed E-state index contributed by atoms with van der Waals surface area (Å²) in [5.41, 5.74) is 6.97. The molecule has 0 saturated carbocycles. The Labute approximate surface area is 347 Å². The Morgan fingerprint density at radius 3 is 2.35 bits per heavy atom. The lowest BCUT2D eigenvalue weighted by Gasteiger charge is -2.44. The Balaban J connectivity index is 0.779. The molecule has 1 aromatic heterocycles. The minimum absolute atomic E-state index is 0.00508. The quantitative estimate of drug-likeness (QED) is 0.182. The van der Waals surface area contributed by atoms with Gasteiger partial charge in [0.05, 0.1) is 36.3 Å². The fraction of sp³-hybridized carbons (Fsp3) is 0.413. The van der Waals surface area contributed by atoms with Crippen molar-refractivity contribution in [2.45, 2.75) is 76.8 Å². The van der Waals surface area contributed by atoms with E-state index >= 15 is 0 Å². The number of fused-ring (bicyclic) bond motifs is 5. The summed E-state index contributed by atoms with van der Waals surface area (Å²) < 4.78 is 5.86. The fourth-order valence-corrected chi connectivity index (χ4v) is 9.91. The molecular weight excluding hydrogens is 763 g/mol. The topological polar surface area (TPSA) is 157 Å². The number of rotatable bonds is 8. The number of hydrogen-bond acceptors (Lipinski definition) is 9. The number of carbonyl (C=O) groups excluding carboxylic acids is 6. The van der Waals surface area contributed by atoms with Crippen LogP contribution in [0, 0.1) is 6.57 Å². The molecule has 0 spiro atoms. The van der Waals surface area contributed by atoms with E-state index in [4.69, 9.17) is 11.3 Å². The number of ether oxygens (including phenoxy) is 1. The summed E-state index contributed by atoms with van der Waals surface area (Å²) in [5.74, 6) is -1.91. The normalized spacial score (nSPS) is 20.5.